The molecule has 0 bridgehead atoms. The fourth-order valence-electron chi connectivity index (χ4n) is 3.56. The molecule has 1 aliphatic rings. The quantitative estimate of drug-likeness (QED) is 0.582. The summed E-state index contributed by atoms with van der Waals surface area (Å²) in [6, 6.07) is 17.0. The van der Waals surface area contributed by atoms with Crippen LogP contribution < -0.4 is 4.74 Å². The fraction of sp³-hybridized carbons (Fsp3) is 0.435. The number of aliphatic carboxylic acids is 1. The molecule has 1 N–H and O–H groups in total. The van der Waals surface area contributed by atoms with Gasteiger partial charge in [0.15, 0.2) is 0 Å². The Hall–Kier alpha value is -2.04. The van der Waals surface area contributed by atoms with Crippen molar-refractivity contribution in [3.8, 4) is 5.75 Å². The average Bonchev–Trinajstić information content (AvgIpc) is 2.69. The average molecular weight is 404 g/mol. The second-order valence-electron chi connectivity index (χ2n) is 7.25. The Morgan fingerprint density at radius 3 is 2.64 bits per heavy atom. The fourth-order valence-corrected chi connectivity index (χ4v) is 3.56. The number of carboxylic acids is 1. The number of rotatable bonds is 10. The molecule has 1 heterocycles. The van der Waals surface area contributed by atoms with Crippen LogP contribution in [0.1, 0.15) is 42.4 Å². The topological polar surface area (TPSA) is 49.8 Å². The summed E-state index contributed by atoms with van der Waals surface area (Å²) in [6.45, 7) is 3.14. The highest BCUT2D eigenvalue weighted by molar-refractivity contribution is 5.85. The Bertz CT molecular complexity index is 736. The highest BCUT2D eigenvalue weighted by Gasteiger charge is 2.17. The number of halogens is 1. The first-order valence-corrected chi connectivity index (χ1v) is 9.93. The van der Waals surface area contributed by atoms with Gasteiger partial charge in [-0.15, -0.1) is 12.4 Å². The molecule has 0 amide bonds. The number of ether oxygens (including phenoxy) is 1. The predicted molar refractivity (Wildman–Crippen MR) is 114 cm³/mol. The van der Waals surface area contributed by atoms with E-state index >= 15 is 0 Å². The van der Waals surface area contributed by atoms with E-state index in [1.54, 1.807) is 0 Å². The lowest BCUT2D eigenvalue weighted by Crippen LogP contribution is -2.32. The largest absolute Gasteiger partial charge is 0.494 e. The molecule has 0 fully saturated rings. The molecule has 4 nitrogen and oxygen atoms in total. The summed E-state index contributed by atoms with van der Waals surface area (Å²) in [5, 5.41) is 8.83. The SMILES string of the molecule is Cl.O=C(O)CCN1CCc2cc(OCCCCCc3ccccc3)ccc2C1. The standard InChI is InChI=1S/C23H29NO3.ClH/c25-23(26)13-15-24-14-12-20-17-22(11-10-21(20)18-24)27-16-6-2-5-9-19-7-3-1-4-8-19;/h1,3-4,7-8,10-11,17H,2,5-6,9,12-16,18H2,(H,25,26);1H. The molecule has 0 unspecified atom stereocenters. The molecule has 1 aliphatic heterocycles. The first-order valence-electron chi connectivity index (χ1n) is 9.93. The van der Waals surface area contributed by atoms with Gasteiger partial charge in [0.2, 0.25) is 0 Å². The second-order valence-corrected chi connectivity index (χ2v) is 7.25. The number of unbranched alkanes of at least 4 members (excludes halogenated alkanes) is 2. The molecule has 0 saturated carbocycles. The Morgan fingerprint density at radius 1 is 1.04 bits per heavy atom. The van der Waals surface area contributed by atoms with Crippen LogP contribution in [0.15, 0.2) is 48.5 Å². The highest BCUT2D eigenvalue weighted by Crippen LogP contribution is 2.24. The van der Waals surface area contributed by atoms with E-state index in [4.69, 9.17) is 9.84 Å². The number of aryl methyl sites for hydroxylation is 1. The summed E-state index contributed by atoms with van der Waals surface area (Å²) in [4.78, 5) is 12.9. The van der Waals surface area contributed by atoms with E-state index in [-0.39, 0.29) is 18.8 Å². The maximum atomic E-state index is 10.7. The highest BCUT2D eigenvalue weighted by atomic mass is 35.5. The van der Waals surface area contributed by atoms with Crippen molar-refractivity contribution >= 4 is 18.4 Å². The number of carboxylic acid groups (broad SMARTS) is 1. The lowest BCUT2D eigenvalue weighted by Gasteiger charge is -2.28. The van der Waals surface area contributed by atoms with E-state index in [0.29, 0.717) is 6.54 Å². The molecule has 0 aromatic heterocycles. The van der Waals surface area contributed by atoms with Gasteiger partial charge >= 0.3 is 5.97 Å². The van der Waals surface area contributed by atoms with Gasteiger partial charge in [0.05, 0.1) is 13.0 Å². The number of carbonyl (C=O) groups is 1. The van der Waals surface area contributed by atoms with E-state index in [9.17, 15) is 4.79 Å². The van der Waals surface area contributed by atoms with E-state index in [1.165, 1.54) is 29.5 Å². The molecule has 3 rings (SSSR count). The number of hydrogen-bond donors (Lipinski definition) is 1. The van der Waals surface area contributed by atoms with Crippen molar-refractivity contribution in [1.82, 2.24) is 4.90 Å². The van der Waals surface area contributed by atoms with Crippen LogP contribution in [0.25, 0.3) is 0 Å². The van der Waals surface area contributed by atoms with Crippen LogP contribution in [0, 0.1) is 0 Å². The first-order chi connectivity index (χ1) is 13.2. The van der Waals surface area contributed by atoms with Crippen molar-refractivity contribution < 1.29 is 14.6 Å². The third-order valence-corrected chi connectivity index (χ3v) is 5.13. The summed E-state index contributed by atoms with van der Waals surface area (Å²) in [5.41, 5.74) is 4.04. The number of hydrogen-bond acceptors (Lipinski definition) is 3. The van der Waals surface area contributed by atoms with E-state index in [0.717, 1.165) is 44.7 Å². The normalized spacial score (nSPS) is 13.4. The van der Waals surface area contributed by atoms with Crippen LogP contribution >= 0.6 is 12.4 Å². The van der Waals surface area contributed by atoms with Crippen molar-refractivity contribution in [2.24, 2.45) is 0 Å². The van der Waals surface area contributed by atoms with Gasteiger partial charge in [-0.2, -0.15) is 0 Å². The molecule has 152 valence electrons. The van der Waals surface area contributed by atoms with Gasteiger partial charge in [-0.1, -0.05) is 36.4 Å². The van der Waals surface area contributed by atoms with Crippen molar-refractivity contribution in [3.05, 3.63) is 65.2 Å². The monoisotopic (exact) mass is 403 g/mol. The Balaban J connectivity index is 0.00000280. The molecule has 0 atom stereocenters. The van der Waals surface area contributed by atoms with Crippen molar-refractivity contribution in [2.75, 3.05) is 19.7 Å². The van der Waals surface area contributed by atoms with Crippen LogP contribution in [0.2, 0.25) is 0 Å². The van der Waals surface area contributed by atoms with Gasteiger partial charge in [-0.05, 0) is 60.9 Å². The van der Waals surface area contributed by atoms with Gasteiger partial charge < -0.3 is 9.84 Å². The minimum atomic E-state index is -0.728. The smallest absolute Gasteiger partial charge is 0.304 e. The summed E-state index contributed by atoms with van der Waals surface area (Å²) in [7, 11) is 0. The van der Waals surface area contributed by atoms with Crippen LogP contribution in [0.3, 0.4) is 0 Å². The molecule has 0 spiro atoms. The molecule has 0 radical (unpaired) electrons. The van der Waals surface area contributed by atoms with Crippen LogP contribution in [-0.2, 0) is 24.2 Å². The molecular weight excluding hydrogens is 374 g/mol. The Morgan fingerprint density at radius 2 is 1.86 bits per heavy atom. The third-order valence-electron chi connectivity index (χ3n) is 5.13. The van der Waals surface area contributed by atoms with Crippen LogP contribution in [0.5, 0.6) is 5.75 Å². The molecule has 2 aromatic rings. The molecular formula is C23H30ClNO3. The zero-order valence-corrected chi connectivity index (χ0v) is 17.1. The minimum absolute atomic E-state index is 0. The summed E-state index contributed by atoms with van der Waals surface area (Å²) in [6.07, 6.45) is 5.76. The van der Waals surface area contributed by atoms with Gasteiger partial charge in [0, 0.05) is 19.6 Å². The van der Waals surface area contributed by atoms with Crippen LogP contribution in [0.4, 0.5) is 0 Å². The van der Waals surface area contributed by atoms with E-state index < -0.39 is 5.97 Å². The van der Waals surface area contributed by atoms with E-state index in [1.807, 2.05) is 6.07 Å². The van der Waals surface area contributed by atoms with Gasteiger partial charge in [-0.3, -0.25) is 9.69 Å². The molecule has 0 aliphatic carbocycles. The second kappa shape index (κ2) is 11.7. The number of nitrogens with zero attached hydrogens (tertiary/aromatic N) is 1. The van der Waals surface area contributed by atoms with Crippen LogP contribution in [-0.4, -0.2) is 35.7 Å². The minimum Gasteiger partial charge on any atom is -0.494 e. The molecule has 5 heteroatoms. The molecule has 0 saturated heterocycles. The first kappa shape index (κ1) is 22.3. The molecule has 2 aromatic carbocycles. The number of benzene rings is 2. The zero-order chi connectivity index (χ0) is 18.9. The van der Waals surface area contributed by atoms with Gasteiger partial charge in [0.25, 0.3) is 0 Å². The van der Waals surface area contributed by atoms with Crippen molar-refractivity contribution in [2.45, 2.75) is 45.1 Å². The van der Waals surface area contributed by atoms with Crippen molar-refractivity contribution in [1.29, 1.82) is 0 Å². The lowest BCUT2D eigenvalue weighted by atomic mass is 9.99. The Labute approximate surface area is 173 Å². The lowest BCUT2D eigenvalue weighted by molar-refractivity contribution is -0.137. The van der Waals surface area contributed by atoms with Crippen molar-refractivity contribution in [3.63, 3.8) is 0 Å². The number of fused-ring (bicyclic) bond motifs is 1. The Kier molecular flexibility index (Phi) is 9.32. The summed E-state index contributed by atoms with van der Waals surface area (Å²) >= 11 is 0. The maximum Gasteiger partial charge on any atom is 0.304 e. The summed E-state index contributed by atoms with van der Waals surface area (Å²) < 4.78 is 5.94. The molecule has 28 heavy (non-hydrogen) atoms. The maximum absolute atomic E-state index is 10.7. The van der Waals surface area contributed by atoms with Gasteiger partial charge in [-0.25, -0.2) is 0 Å². The zero-order valence-electron chi connectivity index (χ0n) is 16.3. The van der Waals surface area contributed by atoms with Gasteiger partial charge in [0.1, 0.15) is 5.75 Å². The summed E-state index contributed by atoms with van der Waals surface area (Å²) in [5.74, 6) is 0.226. The van der Waals surface area contributed by atoms with E-state index in [2.05, 4.69) is 47.4 Å². The predicted octanol–water partition coefficient (Wildman–Crippen LogP) is 4.73. The third kappa shape index (κ3) is 7.17.